The summed E-state index contributed by atoms with van der Waals surface area (Å²) in [5.74, 6) is -21.0. The molecule has 0 aromatic heterocycles. The number of nitrogens with one attached hydrogen (secondary N) is 18. The van der Waals surface area contributed by atoms with Gasteiger partial charge in [0, 0.05) is 49.4 Å². The second-order valence-electron chi connectivity index (χ2n) is 34.4. The number of aliphatic hydroxyl groups is 2. The van der Waals surface area contributed by atoms with E-state index in [4.69, 9.17) is 56.7 Å². The molecule has 20 atom stereocenters. The number of thiol groups is 2. The fraction of sp³-hybridized carbons (Fsp3) is 0.635. The number of phenols is 2. The van der Waals surface area contributed by atoms with Gasteiger partial charge in [0.25, 0.3) is 0 Å². The number of likely N-dealkylation sites (tertiary alicyclic amines) is 1. The van der Waals surface area contributed by atoms with Crippen molar-refractivity contribution in [3.63, 3.8) is 0 Å². The van der Waals surface area contributed by atoms with Gasteiger partial charge in [0.15, 0.2) is 11.9 Å². The highest BCUT2D eigenvalue weighted by Crippen LogP contribution is 2.25. The Morgan fingerprint density at radius 3 is 1.18 bits per heavy atom. The number of nitrogens with zero attached hydrogens (tertiary/aromatic N) is 1. The Hall–Kier alpha value is -12.0. The highest BCUT2D eigenvalue weighted by Gasteiger charge is 2.46. The fourth-order valence-corrected chi connectivity index (χ4v) is 14.5. The topological polar surface area (TPSA) is 843 Å². The van der Waals surface area contributed by atoms with Crippen LogP contribution < -0.4 is 131 Å². The molecule has 2 aromatic carbocycles. The molecule has 49 nitrogen and oxygen atoms in total. The number of carbonyl (C=O) groups is 17. The van der Waals surface area contributed by atoms with E-state index < -0.39 is 256 Å². The summed E-state index contributed by atoms with van der Waals surface area (Å²) < 4.78 is -1.61. The van der Waals surface area contributed by atoms with Crippen molar-refractivity contribution in [2.75, 3.05) is 51.6 Å². The van der Waals surface area contributed by atoms with Gasteiger partial charge in [-0.25, -0.2) is 4.79 Å². The lowest BCUT2D eigenvalue weighted by Crippen LogP contribution is -2.64. The number of rotatable bonds is 61. The molecule has 0 bridgehead atoms. The maximum absolute atomic E-state index is 15.0. The SMILES string of the molecule is CC[C@H](C)[C@H](NC(=O)[C@@H](NC(=O)[C@@H]1C[C@@H](O)CN1C(=O)[C@@H](N)C(C)C)[C@@H](C)CC)C(=O)N[C@@H](Cc1ccc(O)cc1)C(=O)N[C@H](C(=O)N[C@@H](CC(N)=O)C(=O)N[C@@H](CCCNC(=N)N)C(=O)N[C@@H](CCN)C(=O)N[C@H](C(=O)N[C@H](CCN)C(=O)N[C@@H](CCCN)C(=O)N[C@@H](CS)C(=O)N[C@@H](CCN)C(=O)N[C@@H](CCCNC(=N)N)C(=O)N[C@@H](Cc1ccc(O)cc1)C(=O)O)[C@@H](C)O)C(C)(C)S. The zero-order chi connectivity index (χ0) is 103. The molecule has 0 spiro atoms. The van der Waals surface area contributed by atoms with E-state index in [1.807, 2.05) is 0 Å². The third kappa shape index (κ3) is 40.1. The summed E-state index contributed by atoms with van der Waals surface area (Å²) in [6.45, 7) is 12.9. The van der Waals surface area contributed by atoms with E-state index in [1.54, 1.807) is 41.5 Å². The molecular formula is C85H143N27O22S2. The summed E-state index contributed by atoms with van der Waals surface area (Å²) >= 11 is 8.89. The van der Waals surface area contributed by atoms with Crippen molar-refractivity contribution in [3.8, 4) is 11.5 Å². The third-order valence-corrected chi connectivity index (χ3v) is 23.1. The number of hydrogen-bond donors (Lipinski definition) is 33. The third-order valence-electron chi connectivity index (χ3n) is 22.5. The van der Waals surface area contributed by atoms with Crippen LogP contribution >= 0.6 is 25.3 Å². The maximum atomic E-state index is 15.0. The number of guanidine groups is 2. The number of nitrogens with two attached hydrogens (primary N) is 8. The second kappa shape index (κ2) is 59.1. The Bertz CT molecular complexity index is 4370. The molecule has 3 rings (SSSR count). The van der Waals surface area contributed by atoms with Crippen LogP contribution in [-0.4, -0.2) is 308 Å². The Kier molecular flexibility index (Phi) is 51.3. The molecule has 762 valence electrons. The zero-order valence-corrected chi connectivity index (χ0v) is 79.9. The lowest BCUT2D eigenvalue weighted by Gasteiger charge is -2.33. The minimum Gasteiger partial charge on any atom is -0.508 e. The fourth-order valence-electron chi connectivity index (χ4n) is 14.1. The normalized spacial score (nSPS) is 17.0. The number of carboxylic acids is 1. The first-order chi connectivity index (χ1) is 63.9. The molecule has 16 amide bonds. The Morgan fingerprint density at radius 2 is 0.794 bits per heavy atom. The first-order valence-corrected chi connectivity index (χ1v) is 46.0. The monoisotopic (exact) mass is 1960 g/mol. The maximum Gasteiger partial charge on any atom is 0.326 e. The van der Waals surface area contributed by atoms with Crippen molar-refractivity contribution in [1.29, 1.82) is 10.8 Å². The number of carbonyl (C=O) groups excluding carboxylic acids is 16. The van der Waals surface area contributed by atoms with Crippen molar-refractivity contribution in [3.05, 3.63) is 59.7 Å². The minimum absolute atomic E-state index is 0.0380. The predicted octanol–water partition coefficient (Wildman–Crippen LogP) is -9.00. The quantitative estimate of drug-likeness (QED) is 0.0127. The average Bonchev–Trinajstić information content (AvgIpc) is 1.73. The number of phenolic OH excluding ortho intramolecular Hbond substituents is 2. The second-order valence-corrected chi connectivity index (χ2v) is 35.9. The van der Waals surface area contributed by atoms with Gasteiger partial charge in [0.05, 0.1) is 24.7 Å². The lowest BCUT2D eigenvalue weighted by molar-refractivity contribution is -0.142. The molecule has 2 aromatic rings. The van der Waals surface area contributed by atoms with Crippen LogP contribution in [0.25, 0.3) is 0 Å². The Balaban J connectivity index is 1.93. The molecule has 1 aliphatic heterocycles. The molecule has 0 radical (unpaired) electrons. The number of aliphatic hydroxyl groups excluding tert-OH is 2. The van der Waals surface area contributed by atoms with Crippen molar-refractivity contribution in [1.82, 2.24) is 90.0 Å². The summed E-state index contributed by atoms with van der Waals surface area (Å²) in [4.78, 5) is 242. The van der Waals surface area contributed by atoms with Crippen LogP contribution in [0.5, 0.6) is 11.5 Å². The number of aromatic hydroxyl groups is 2. The van der Waals surface area contributed by atoms with Crippen molar-refractivity contribution >= 4 is 138 Å². The average molecular weight is 1960 g/mol. The number of benzene rings is 2. The van der Waals surface area contributed by atoms with Crippen LogP contribution in [0.4, 0.5) is 0 Å². The molecule has 0 aliphatic carbocycles. The van der Waals surface area contributed by atoms with Crippen LogP contribution in [-0.2, 0) is 94.3 Å². The van der Waals surface area contributed by atoms with Crippen LogP contribution in [0.3, 0.4) is 0 Å². The van der Waals surface area contributed by atoms with E-state index in [0.717, 1.165) is 6.92 Å². The lowest BCUT2D eigenvalue weighted by atomic mass is 9.94. The number of hydrogen-bond acceptors (Lipinski definition) is 30. The summed E-state index contributed by atoms with van der Waals surface area (Å²) in [6, 6.07) is -14.0. The van der Waals surface area contributed by atoms with Gasteiger partial charge in [-0.05, 0) is 158 Å². The van der Waals surface area contributed by atoms with Gasteiger partial charge in [-0.3, -0.25) is 87.5 Å². The van der Waals surface area contributed by atoms with Crippen LogP contribution in [0.1, 0.15) is 157 Å². The molecule has 0 saturated carbocycles. The first-order valence-electron chi connectivity index (χ1n) is 44.9. The van der Waals surface area contributed by atoms with Gasteiger partial charge in [0.1, 0.15) is 102 Å². The largest absolute Gasteiger partial charge is 0.508 e. The van der Waals surface area contributed by atoms with Gasteiger partial charge in [-0.15, -0.1) is 0 Å². The Morgan fingerprint density at radius 1 is 0.456 bits per heavy atom. The van der Waals surface area contributed by atoms with E-state index in [1.165, 1.54) is 67.3 Å². The van der Waals surface area contributed by atoms with Crippen LogP contribution in [0, 0.1) is 28.6 Å². The van der Waals surface area contributed by atoms with E-state index >= 15 is 0 Å². The van der Waals surface area contributed by atoms with Crippen LogP contribution in [0.15, 0.2) is 48.5 Å². The van der Waals surface area contributed by atoms with Gasteiger partial charge >= 0.3 is 5.97 Å². The van der Waals surface area contributed by atoms with E-state index in [-0.39, 0.29) is 140 Å². The van der Waals surface area contributed by atoms with E-state index in [2.05, 4.69) is 110 Å². The molecule has 1 aliphatic rings. The molecular weight excluding hydrogens is 1820 g/mol. The molecule has 1 heterocycles. The molecule has 51 heteroatoms. The summed E-state index contributed by atoms with van der Waals surface area (Å²) in [6.07, 6.45) is -5.66. The molecule has 1 fully saturated rings. The van der Waals surface area contributed by atoms with Crippen molar-refractivity contribution in [2.45, 2.75) is 272 Å². The van der Waals surface area contributed by atoms with Gasteiger partial charge in [0.2, 0.25) is 94.5 Å². The summed E-state index contributed by atoms with van der Waals surface area (Å²) in [5, 5.41) is 107. The van der Waals surface area contributed by atoms with E-state index in [0.29, 0.717) is 17.5 Å². The zero-order valence-electron chi connectivity index (χ0n) is 78.1. The standard InChI is InChI=1S/C85H143N27O22S2/c1-10-42(5)63(109-78(129)64(43(6)11-2)108-76(127)60-37-49(116)39-112(60)81(132)62(91)41(3)4)77(128)104-56(35-45-18-22-47(114)23-19-45)74(125)111-66(85(8,9)136)80(131)105-57(38-61(90)117)73(124)100-51(16-13-33-96-83(92)93)67(118)101-55(28-32-89)72(123)110-65(44(7)113)79(130)103-54(27-31-88)71(122)98-50(15-12-29-86)69(120)107-59(40-135)75(126)102-53(26-30-87)70(121)99-52(17-14-34-97-84(94)95)68(119)106-58(82(133)134)36-46-20-24-48(115)25-21-46/h18-25,41-44,49-60,62-66,113-116,135-136H,10-17,26-40,86-89,91H2,1-9H3,(H2,90,117)(H,98,122)(H,99,121)(H,100,124)(H,101,118)(H,102,126)(H,103,130)(H,104,128)(H,105,131)(H,106,119)(H,107,120)(H,108,127)(H,109,129)(H,110,123)(H,111,125)(H,133,134)(H4,92,93,96)(H4,94,95,97)/t42-,43-,44+,49+,50-,51-,52-,53-,54+,55-,56-,57-,58-,59-,60-,62-,63-,64-,65-,66+/m0/s1. The van der Waals surface area contributed by atoms with Gasteiger partial charge in [-0.2, -0.15) is 25.3 Å². The van der Waals surface area contributed by atoms with E-state index in [9.17, 15) is 107 Å². The van der Waals surface area contributed by atoms with Gasteiger partial charge in [-0.1, -0.05) is 78.6 Å². The van der Waals surface area contributed by atoms with Crippen LogP contribution in [0.2, 0.25) is 0 Å². The Labute approximate surface area is 800 Å². The number of carboxylic acid groups (broad SMARTS) is 1. The number of β-amino-alcohol motifs (C(OH)–C–C–N with tert-alkyl or cyclic N) is 1. The number of amides is 16. The number of aliphatic carboxylic acids is 1. The summed E-state index contributed by atoms with van der Waals surface area (Å²) in [7, 11) is 0. The van der Waals surface area contributed by atoms with Crippen molar-refractivity contribution < 1.29 is 107 Å². The van der Waals surface area contributed by atoms with Crippen molar-refractivity contribution in [2.24, 2.45) is 63.6 Å². The highest BCUT2D eigenvalue weighted by molar-refractivity contribution is 7.81. The highest BCUT2D eigenvalue weighted by atomic mass is 32.1. The van der Waals surface area contributed by atoms with Gasteiger partial charge < -0.3 is 161 Å². The molecule has 0 unspecified atom stereocenters. The number of primary amides is 1. The predicted molar refractivity (Wildman–Crippen MR) is 506 cm³/mol. The summed E-state index contributed by atoms with van der Waals surface area (Å²) in [5.41, 5.74) is 47.1. The molecule has 136 heavy (non-hydrogen) atoms. The minimum atomic E-state index is -1.99. The first kappa shape index (κ1) is 118. The molecule has 1 saturated heterocycles. The smallest absolute Gasteiger partial charge is 0.326 e. The molecule has 39 N–H and O–H groups in total.